The summed E-state index contributed by atoms with van der Waals surface area (Å²) in [6.07, 6.45) is 1.22. The van der Waals surface area contributed by atoms with Crippen molar-refractivity contribution in [3.63, 3.8) is 0 Å². The molecule has 6 heteroatoms. The van der Waals surface area contributed by atoms with E-state index in [9.17, 15) is 4.79 Å². The summed E-state index contributed by atoms with van der Waals surface area (Å²) in [4.78, 5) is 17.7. The lowest BCUT2D eigenvalue weighted by Gasteiger charge is -2.26. The molecule has 0 spiro atoms. The Morgan fingerprint density at radius 2 is 2.26 bits per heavy atom. The number of halogens is 1. The van der Waals surface area contributed by atoms with Crippen LogP contribution in [0.25, 0.3) is 0 Å². The molecule has 0 aliphatic carbocycles. The van der Waals surface area contributed by atoms with E-state index in [1.165, 1.54) is 0 Å². The highest BCUT2D eigenvalue weighted by Gasteiger charge is 2.26. The quantitative estimate of drug-likeness (QED) is 0.688. The molecule has 1 aromatic rings. The van der Waals surface area contributed by atoms with Gasteiger partial charge in [0, 0.05) is 6.20 Å². The molecule has 0 saturated heterocycles. The second-order valence-electron chi connectivity index (χ2n) is 5.33. The van der Waals surface area contributed by atoms with Crippen molar-refractivity contribution in [3.8, 4) is 5.75 Å². The van der Waals surface area contributed by atoms with Crippen LogP contribution in [-0.2, 0) is 11.3 Å². The summed E-state index contributed by atoms with van der Waals surface area (Å²) < 4.78 is 10.9. The molecular weight excluding hydrogens is 268 g/mol. The first-order valence-corrected chi connectivity index (χ1v) is 6.49. The van der Waals surface area contributed by atoms with Crippen LogP contribution in [0.15, 0.2) is 12.3 Å². The Kier molecular flexibility index (Phi) is 3.85. The van der Waals surface area contributed by atoms with E-state index in [-0.39, 0.29) is 6.09 Å². The molecule has 104 valence electrons. The molecule has 0 saturated carbocycles. The van der Waals surface area contributed by atoms with Crippen molar-refractivity contribution in [1.29, 1.82) is 0 Å². The van der Waals surface area contributed by atoms with Crippen LogP contribution in [0.3, 0.4) is 0 Å². The third-order valence-corrected chi connectivity index (χ3v) is 2.91. The van der Waals surface area contributed by atoms with Gasteiger partial charge in [-0.3, -0.25) is 0 Å². The van der Waals surface area contributed by atoms with Gasteiger partial charge in [0.1, 0.15) is 23.1 Å². The fourth-order valence-corrected chi connectivity index (χ4v) is 1.96. The van der Waals surface area contributed by atoms with Gasteiger partial charge in [-0.25, -0.2) is 9.78 Å². The second-order valence-corrected chi connectivity index (χ2v) is 5.69. The summed E-state index contributed by atoms with van der Waals surface area (Å²) in [5.41, 5.74) is 0.193. The van der Waals surface area contributed by atoms with Crippen molar-refractivity contribution in [2.24, 2.45) is 0 Å². The standard InChI is InChI=1S/C13H17ClN2O3/c1-13(2,3)19-12(17)16-6-7-18-10-4-5-15-11(14)9(10)8-16/h4-5H,6-8H2,1-3H3. The smallest absolute Gasteiger partial charge is 0.410 e. The van der Waals surface area contributed by atoms with Crippen LogP contribution < -0.4 is 4.74 Å². The molecule has 2 heterocycles. The molecule has 0 bridgehead atoms. The van der Waals surface area contributed by atoms with Crippen LogP contribution in [-0.4, -0.2) is 34.7 Å². The molecule has 1 aromatic heterocycles. The minimum atomic E-state index is -0.522. The molecule has 1 aliphatic rings. The molecule has 0 radical (unpaired) electrons. The van der Waals surface area contributed by atoms with E-state index in [0.717, 1.165) is 0 Å². The highest BCUT2D eigenvalue weighted by molar-refractivity contribution is 6.30. The Hall–Kier alpha value is -1.49. The summed E-state index contributed by atoms with van der Waals surface area (Å²) in [5.74, 6) is 0.672. The molecule has 5 nitrogen and oxygen atoms in total. The van der Waals surface area contributed by atoms with Crippen LogP contribution in [0.2, 0.25) is 5.15 Å². The fraction of sp³-hybridized carbons (Fsp3) is 0.538. The Morgan fingerprint density at radius 1 is 1.53 bits per heavy atom. The predicted octanol–water partition coefficient (Wildman–Crippen LogP) is 2.86. The van der Waals surface area contributed by atoms with Crippen molar-refractivity contribution in [1.82, 2.24) is 9.88 Å². The van der Waals surface area contributed by atoms with Gasteiger partial charge in [0.05, 0.1) is 18.7 Å². The largest absolute Gasteiger partial charge is 0.491 e. The number of hydrogen-bond donors (Lipinski definition) is 0. The summed E-state index contributed by atoms with van der Waals surface area (Å²) in [6.45, 7) is 6.72. The van der Waals surface area contributed by atoms with Gasteiger partial charge in [-0.1, -0.05) is 11.6 Å². The minimum Gasteiger partial charge on any atom is -0.491 e. The van der Waals surface area contributed by atoms with Gasteiger partial charge in [0.25, 0.3) is 0 Å². The average Bonchev–Trinajstić information content (AvgIpc) is 2.50. The molecular formula is C13H17ClN2O3. The van der Waals surface area contributed by atoms with Crippen molar-refractivity contribution < 1.29 is 14.3 Å². The number of pyridine rings is 1. The van der Waals surface area contributed by atoms with Gasteiger partial charge < -0.3 is 14.4 Å². The molecule has 0 unspecified atom stereocenters. The maximum atomic E-state index is 12.1. The lowest BCUT2D eigenvalue weighted by atomic mass is 10.2. The van der Waals surface area contributed by atoms with E-state index in [1.807, 2.05) is 20.8 Å². The first kappa shape index (κ1) is 13.9. The van der Waals surface area contributed by atoms with E-state index in [2.05, 4.69) is 4.98 Å². The third kappa shape index (κ3) is 3.50. The number of aromatic nitrogens is 1. The van der Waals surface area contributed by atoms with Gasteiger partial charge in [0.2, 0.25) is 0 Å². The highest BCUT2D eigenvalue weighted by Crippen LogP contribution is 2.28. The number of fused-ring (bicyclic) bond motifs is 1. The molecule has 0 atom stereocenters. The van der Waals surface area contributed by atoms with E-state index < -0.39 is 5.60 Å². The number of rotatable bonds is 0. The van der Waals surface area contributed by atoms with E-state index >= 15 is 0 Å². The van der Waals surface area contributed by atoms with E-state index in [1.54, 1.807) is 17.2 Å². The van der Waals surface area contributed by atoms with Gasteiger partial charge >= 0.3 is 6.09 Å². The molecule has 19 heavy (non-hydrogen) atoms. The Bertz CT molecular complexity index is 485. The molecule has 1 aliphatic heterocycles. The molecule has 1 amide bonds. The number of ether oxygens (including phenoxy) is 2. The van der Waals surface area contributed by atoms with Crippen molar-refractivity contribution in [3.05, 3.63) is 23.0 Å². The lowest BCUT2D eigenvalue weighted by Crippen LogP contribution is -2.37. The normalized spacial score (nSPS) is 15.3. The summed E-state index contributed by atoms with van der Waals surface area (Å²) in [7, 11) is 0. The van der Waals surface area contributed by atoms with Crippen LogP contribution in [0, 0.1) is 0 Å². The van der Waals surface area contributed by atoms with E-state index in [0.29, 0.717) is 36.2 Å². The van der Waals surface area contributed by atoms with Crippen molar-refractivity contribution in [2.75, 3.05) is 13.2 Å². The van der Waals surface area contributed by atoms with Crippen molar-refractivity contribution >= 4 is 17.7 Å². The second kappa shape index (κ2) is 5.25. The minimum absolute atomic E-state index is 0.344. The maximum Gasteiger partial charge on any atom is 0.410 e. The van der Waals surface area contributed by atoms with Gasteiger partial charge in [0.15, 0.2) is 0 Å². The Morgan fingerprint density at radius 3 is 2.95 bits per heavy atom. The first-order valence-electron chi connectivity index (χ1n) is 6.11. The molecule has 0 aromatic carbocycles. The number of nitrogens with zero attached hydrogens (tertiary/aromatic N) is 2. The molecule has 2 rings (SSSR count). The topological polar surface area (TPSA) is 51.7 Å². The lowest BCUT2D eigenvalue weighted by molar-refractivity contribution is 0.0225. The first-order chi connectivity index (χ1) is 8.87. The van der Waals surface area contributed by atoms with E-state index in [4.69, 9.17) is 21.1 Å². The Balaban J connectivity index is 2.18. The number of amides is 1. The zero-order valence-corrected chi connectivity index (χ0v) is 12.0. The highest BCUT2D eigenvalue weighted by atomic mass is 35.5. The number of carbonyl (C=O) groups excluding carboxylic acids is 1. The van der Waals surface area contributed by atoms with Gasteiger partial charge in [-0.05, 0) is 26.8 Å². The van der Waals surface area contributed by atoms with Crippen LogP contribution in [0.1, 0.15) is 26.3 Å². The Labute approximate surface area is 117 Å². The number of carbonyl (C=O) groups is 1. The fourth-order valence-electron chi connectivity index (χ4n) is 1.75. The SMILES string of the molecule is CC(C)(C)OC(=O)N1CCOc2ccnc(Cl)c2C1. The van der Waals surface area contributed by atoms with Crippen LogP contribution in [0.5, 0.6) is 5.75 Å². The summed E-state index contributed by atoms with van der Waals surface area (Å²) in [6, 6.07) is 1.75. The maximum absolute atomic E-state index is 12.1. The monoisotopic (exact) mass is 284 g/mol. The molecule has 0 N–H and O–H groups in total. The zero-order chi connectivity index (χ0) is 14.0. The summed E-state index contributed by atoms with van der Waals surface area (Å²) >= 11 is 6.05. The van der Waals surface area contributed by atoms with Crippen LogP contribution >= 0.6 is 11.6 Å². The zero-order valence-electron chi connectivity index (χ0n) is 11.3. The molecule has 0 fully saturated rings. The van der Waals surface area contributed by atoms with Gasteiger partial charge in [-0.15, -0.1) is 0 Å². The third-order valence-electron chi connectivity index (χ3n) is 2.58. The average molecular weight is 285 g/mol. The van der Waals surface area contributed by atoms with Crippen molar-refractivity contribution in [2.45, 2.75) is 32.9 Å². The predicted molar refractivity (Wildman–Crippen MR) is 71.4 cm³/mol. The van der Waals surface area contributed by atoms with Gasteiger partial charge in [-0.2, -0.15) is 0 Å². The number of hydrogen-bond acceptors (Lipinski definition) is 4. The summed E-state index contributed by atoms with van der Waals surface area (Å²) in [5, 5.41) is 0.355. The van der Waals surface area contributed by atoms with Crippen LogP contribution in [0.4, 0.5) is 4.79 Å².